The monoisotopic (exact) mass is 230 g/mol. The highest BCUT2D eigenvalue weighted by Gasteiger charge is 2.07. The largest absolute Gasteiger partial charge is 0.399 e. The van der Waals surface area contributed by atoms with Gasteiger partial charge >= 0.3 is 0 Å². The molecule has 17 heavy (non-hydrogen) atoms. The number of hydrogen-bond donors (Lipinski definition) is 2. The summed E-state index contributed by atoms with van der Waals surface area (Å²) >= 11 is 0. The van der Waals surface area contributed by atoms with Crippen LogP contribution in [0.25, 0.3) is 0 Å². The zero-order valence-electron chi connectivity index (χ0n) is 9.34. The Kier molecular flexibility index (Phi) is 3.09. The first-order chi connectivity index (χ1) is 8.16. The fourth-order valence-corrected chi connectivity index (χ4v) is 1.65. The molecule has 0 saturated carbocycles. The summed E-state index contributed by atoms with van der Waals surface area (Å²) in [5.41, 5.74) is 12.7. The van der Waals surface area contributed by atoms with Crippen molar-refractivity contribution in [2.24, 2.45) is 5.73 Å². The maximum absolute atomic E-state index is 11.1. The number of hydrogen-bond acceptors (Lipinski definition) is 3. The van der Waals surface area contributed by atoms with Crippen molar-refractivity contribution >= 4 is 11.6 Å². The van der Waals surface area contributed by atoms with Crippen LogP contribution in [0.15, 0.2) is 36.7 Å². The van der Waals surface area contributed by atoms with E-state index in [0.717, 1.165) is 17.7 Å². The molecule has 0 saturated heterocycles. The minimum atomic E-state index is -0.507. The third kappa shape index (κ3) is 2.63. The molecule has 0 fully saturated rings. The molecule has 0 aliphatic heterocycles. The van der Waals surface area contributed by atoms with Crippen LogP contribution in [0, 0.1) is 0 Å². The number of aryl methyl sites for hydroxylation is 2. The van der Waals surface area contributed by atoms with Gasteiger partial charge in [0.15, 0.2) is 5.82 Å². The van der Waals surface area contributed by atoms with Crippen molar-refractivity contribution in [3.8, 4) is 0 Å². The minimum Gasteiger partial charge on any atom is -0.399 e. The Hall–Kier alpha value is -2.30. The lowest BCUT2D eigenvalue weighted by molar-refractivity contribution is 0.0986. The quantitative estimate of drug-likeness (QED) is 0.762. The van der Waals surface area contributed by atoms with Crippen molar-refractivity contribution in [3.05, 3.63) is 48.0 Å². The molecule has 88 valence electrons. The van der Waals surface area contributed by atoms with Gasteiger partial charge in [-0.3, -0.25) is 4.79 Å². The van der Waals surface area contributed by atoms with Crippen LogP contribution in [0.3, 0.4) is 0 Å². The van der Waals surface area contributed by atoms with Gasteiger partial charge in [0.1, 0.15) is 0 Å². The molecule has 1 aromatic heterocycles. The molecule has 0 aliphatic rings. The van der Waals surface area contributed by atoms with E-state index >= 15 is 0 Å². The first kappa shape index (κ1) is 11.2. The van der Waals surface area contributed by atoms with E-state index in [4.69, 9.17) is 11.5 Å². The number of anilines is 1. The molecule has 4 N–H and O–H groups in total. The number of amides is 1. The second kappa shape index (κ2) is 4.69. The van der Waals surface area contributed by atoms with Gasteiger partial charge in [0.25, 0.3) is 5.91 Å². The van der Waals surface area contributed by atoms with Crippen LogP contribution in [0.5, 0.6) is 0 Å². The Morgan fingerprint density at radius 2 is 2.00 bits per heavy atom. The maximum atomic E-state index is 11.1. The Morgan fingerprint density at radius 1 is 1.29 bits per heavy atom. The van der Waals surface area contributed by atoms with Gasteiger partial charge in [-0.05, 0) is 24.1 Å². The molecule has 0 unspecified atom stereocenters. The lowest BCUT2D eigenvalue weighted by Gasteiger charge is -2.05. The summed E-state index contributed by atoms with van der Waals surface area (Å²) in [7, 11) is 0. The zero-order chi connectivity index (χ0) is 12.3. The molecule has 1 amide bonds. The molecule has 2 aromatic rings. The normalized spacial score (nSPS) is 10.4. The van der Waals surface area contributed by atoms with E-state index in [0.29, 0.717) is 12.4 Å². The number of imidazole rings is 1. The number of nitrogens with zero attached hydrogens (tertiary/aromatic N) is 2. The lowest BCUT2D eigenvalue weighted by Crippen LogP contribution is -2.18. The van der Waals surface area contributed by atoms with Crippen LogP contribution < -0.4 is 11.5 Å². The minimum absolute atomic E-state index is 0.292. The molecular weight excluding hydrogens is 216 g/mol. The Balaban J connectivity index is 2.05. The standard InChI is InChI=1S/C12H14N4O/c13-10-3-1-9(2-4-10)5-7-16-8-6-15-12(16)11(14)17/h1-4,6,8H,5,7,13H2,(H2,14,17). The van der Waals surface area contributed by atoms with Crippen molar-refractivity contribution in [1.82, 2.24) is 9.55 Å². The fourth-order valence-electron chi connectivity index (χ4n) is 1.65. The average molecular weight is 230 g/mol. The second-order valence-corrected chi connectivity index (χ2v) is 3.80. The highest BCUT2D eigenvalue weighted by Crippen LogP contribution is 2.08. The van der Waals surface area contributed by atoms with Crippen molar-refractivity contribution in [3.63, 3.8) is 0 Å². The molecule has 2 rings (SSSR count). The SMILES string of the molecule is NC(=O)c1nccn1CCc1ccc(N)cc1. The molecule has 5 nitrogen and oxygen atoms in total. The predicted octanol–water partition coefficient (Wildman–Crippen LogP) is 0.807. The van der Waals surface area contributed by atoms with Crippen molar-refractivity contribution in [2.45, 2.75) is 13.0 Å². The van der Waals surface area contributed by atoms with Gasteiger partial charge in [0.05, 0.1) is 0 Å². The van der Waals surface area contributed by atoms with Crippen LogP contribution in [-0.4, -0.2) is 15.5 Å². The zero-order valence-corrected chi connectivity index (χ0v) is 9.34. The third-order valence-electron chi connectivity index (χ3n) is 2.56. The molecule has 1 aromatic carbocycles. The van der Waals surface area contributed by atoms with Crippen LogP contribution >= 0.6 is 0 Å². The predicted molar refractivity (Wildman–Crippen MR) is 65.3 cm³/mol. The smallest absolute Gasteiger partial charge is 0.284 e. The molecule has 0 bridgehead atoms. The Bertz CT molecular complexity index is 516. The first-order valence-corrected chi connectivity index (χ1v) is 5.32. The number of carbonyl (C=O) groups is 1. The second-order valence-electron chi connectivity index (χ2n) is 3.80. The van der Waals surface area contributed by atoms with E-state index < -0.39 is 5.91 Å². The number of rotatable bonds is 4. The van der Waals surface area contributed by atoms with Crippen molar-refractivity contribution in [2.75, 3.05) is 5.73 Å². The van der Waals surface area contributed by atoms with E-state index in [-0.39, 0.29) is 0 Å². The fraction of sp³-hybridized carbons (Fsp3) is 0.167. The summed E-state index contributed by atoms with van der Waals surface area (Å²) in [4.78, 5) is 15.0. The molecule has 0 atom stereocenters. The van der Waals surface area contributed by atoms with Gasteiger partial charge in [-0.2, -0.15) is 0 Å². The molecular formula is C12H14N4O. The number of benzene rings is 1. The van der Waals surface area contributed by atoms with Crippen LogP contribution in [-0.2, 0) is 13.0 Å². The van der Waals surface area contributed by atoms with Gasteiger partial charge in [-0.15, -0.1) is 0 Å². The molecule has 0 aliphatic carbocycles. The summed E-state index contributed by atoms with van der Waals surface area (Å²) in [6.07, 6.45) is 4.12. The van der Waals surface area contributed by atoms with Crippen molar-refractivity contribution < 1.29 is 4.79 Å². The Labute approximate surface area is 99.1 Å². The number of nitrogen functional groups attached to an aromatic ring is 1. The lowest BCUT2D eigenvalue weighted by atomic mass is 10.1. The number of nitrogens with two attached hydrogens (primary N) is 2. The molecule has 5 heteroatoms. The number of primary amides is 1. The van der Waals surface area contributed by atoms with E-state index in [1.165, 1.54) is 0 Å². The summed E-state index contributed by atoms with van der Waals surface area (Å²) in [5, 5.41) is 0. The van der Waals surface area contributed by atoms with E-state index in [2.05, 4.69) is 4.98 Å². The van der Waals surface area contributed by atoms with Gasteiger partial charge in [-0.25, -0.2) is 4.98 Å². The summed E-state index contributed by atoms with van der Waals surface area (Å²) in [6, 6.07) is 7.66. The van der Waals surface area contributed by atoms with Crippen LogP contribution in [0.4, 0.5) is 5.69 Å². The first-order valence-electron chi connectivity index (χ1n) is 5.32. The highest BCUT2D eigenvalue weighted by molar-refractivity contribution is 5.89. The topological polar surface area (TPSA) is 86.9 Å². The number of carbonyl (C=O) groups excluding carboxylic acids is 1. The molecule has 0 radical (unpaired) electrons. The van der Waals surface area contributed by atoms with Gasteiger partial charge in [0.2, 0.25) is 0 Å². The molecule has 1 heterocycles. The highest BCUT2D eigenvalue weighted by atomic mass is 16.1. The van der Waals surface area contributed by atoms with Gasteiger partial charge < -0.3 is 16.0 Å². The van der Waals surface area contributed by atoms with Gasteiger partial charge in [0, 0.05) is 24.6 Å². The van der Waals surface area contributed by atoms with Gasteiger partial charge in [-0.1, -0.05) is 12.1 Å². The van der Waals surface area contributed by atoms with Crippen LogP contribution in [0.1, 0.15) is 16.2 Å². The average Bonchev–Trinajstić information content (AvgIpc) is 2.76. The van der Waals surface area contributed by atoms with E-state index in [1.807, 2.05) is 24.3 Å². The summed E-state index contributed by atoms with van der Waals surface area (Å²) in [5.74, 6) is -0.215. The summed E-state index contributed by atoms with van der Waals surface area (Å²) < 4.78 is 1.75. The van der Waals surface area contributed by atoms with E-state index in [1.54, 1.807) is 17.0 Å². The Morgan fingerprint density at radius 3 is 2.65 bits per heavy atom. The number of aromatic nitrogens is 2. The van der Waals surface area contributed by atoms with Crippen LogP contribution in [0.2, 0.25) is 0 Å². The molecule has 0 spiro atoms. The third-order valence-corrected chi connectivity index (χ3v) is 2.56. The van der Waals surface area contributed by atoms with E-state index in [9.17, 15) is 4.79 Å². The maximum Gasteiger partial charge on any atom is 0.284 e. The summed E-state index contributed by atoms with van der Waals surface area (Å²) in [6.45, 7) is 0.669. The van der Waals surface area contributed by atoms with Crippen molar-refractivity contribution in [1.29, 1.82) is 0 Å².